The zero-order chi connectivity index (χ0) is 20.9. The molecule has 3 aliphatic rings. The fourth-order valence-corrected chi connectivity index (χ4v) is 4.73. The summed E-state index contributed by atoms with van der Waals surface area (Å²) >= 11 is 0. The molecule has 0 saturated carbocycles. The zero-order valence-corrected chi connectivity index (χ0v) is 17.3. The van der Waals surface area contributed by atoms with Crippen LogP contribution in [-0.4, -0.2) is 72.6 Å². The number of likely N-dealkylation sites (tertiary alicyclic amines) is 1. The lowest BCUT2D eigenvalue weighted by Crippen LogP contribution is -2.53. The van der Waals surface area contributed by atoms with E-state index < -0.39 is 0 Å². The third kappa shape index (κ3) is 4.99. The lowest BCUT2D eigenvalue weighted by Gasteiger charge is -2.39. The fourth-order valence-electron chi connectivity index (χ4n) is 4.73. The van der Waals surface area contributed by atoms with Gasteiger partial charge in [-0.1, -0.05) is 12.1 Å². The highest BCUT2D eigenvalue weighted by atomic mass is 19.1. The number of rotatable bonds is 5. The fraction of sp³-hybridized carbons (Fsp3) is 0.636. The number of hydrazine groups is 1. The molecule has 3 aliphatic heterocycles. The van der Waals surface area contributed by atoms with Crippen LogP contribution >= 0.6 is 0 Å². The zero-order valence-electron chi connectivity index (χ0n) is 17.3. The number of piperidine rings is 1. The molecule has 30 heavy (non-hydrogen) atoms. The summed E-state index contributed by atoms with van der Waals surface area (Å²) in [7, 11) is 0. The maximum Gasteiger partial charge on any atom is 0.241 e. The Hall–Kier alpha value is -2.03. The number of halogens is 1. The van der Waals surface area contributed by atoms with Crippen molar-refractivity contribution in [2.24, 2.45) is 0 Å². The predicted molar refractivity (Wildman–Crippen MR) is 110 cm³/mol. The van der Waals surface area contributed by atoms with Crippen molar-refractivity contribution >= 4 is 11.8 Å². The molecule has 0 bridgehead atoms. The van der Waals surface area contributed by atoms with Crippen LogP contribution in [0.2, 0.25) is 0 Å². The van der Waals surface area contributed by atoms with Gasteiger partial charge >= 0.3 is 0 Å². The minimum Gasteiger partial charge on any atom is -0.378 e. The van der Waals surface area contributed by atoms with Crippen molar-refractivity contribution in [3.05, 3.63) is 35.6 Å². The maximum absolute atomic E-state index is 13.1. The first-order valence-electron chi connectivity index (χ1n) is 11.0. The summed E-state index contributed by atoms with van der Waals surface area (Å²) in [6, 6.07) is 6.24. The molecule has 2 N–H and O–H groups in total. The van der Waals surface area contributed by atoms with Crippen LogP contribution in [0.4, 0.5) is 4.39 Å². The third-order valence-corrected chi connectivity index (χ3v) is 6.43. The second-order valence-corrected chi connectivity index (χ2v) is 8.40. The molecule has 0 radical (unpaired) electrons. The molecule has 3 saturated heterocycles. The standard InChI is InChI=1S/C22H31FN4O3/c23-17-7-4-16(5-8-17)6-9-21(28)27-10-2-1-3-20(27)18-15-19(25-24-18)22(29)26-11-13-30-14-12-26/h4-5,7-8,18-20,24-25H,1-3,6,9-15H2. The van der Waals surface area contributed by atoms with Gasteiger partial charge in [0.2, 0.25) is 11.8 Å². The third-order valence-electron chi connectivity index (χ3n) is 6.43. The number of nitrogens with one attached hydrogen (secondary N) is 2. The molecule has 2 amide bonds. The van der Waals surface area contributed by atoms with Crippen LogP contribution in [0.5, 0.6) is 0 Å². The van der Waals surface area contributed by atoms with Gasteiger partial charge in [0, 0.05) is 38.1 Å². The average Bonchev–Trinajstić information content (AvgIpc) is 3.29. The van der Waals surface area contributed by atoms with E-state index in [2.05, 4.69) is 10.9 Å². The first-order chi connectivity index (χ1) is 14.6. The molecular weight excluding hydrogens is 387 g/mol. The van der Waals surface area contributed by atoms with Gasteiger partial charge < -0.3 is 14.5 Å². The van der Waals surface area contributed by atoms with E-state index in [0.717, 1.165) is 31.4 Å². The summed E-state index contributed by atoms with van der Waals surface area (Å²) in [5.74, 6) is -0.0192. The monoisotopic (exact) mass is 418 g/mol. The number of carbonyl (C=O) groups is 2. The lowest BCUT2D eigenvalue weighted by molar-refractivity contribution is -0.137. The number of nitrogens with zero attached hydrogens (tertiary/aromatic N) is 2. The minimum absolute atomic E-state index is 0.0649. The Bertz CT molecular complexity index is 738. The van der Waals surface area contributed by atoms with Gasteiger partial charge in [0.1, 0.15) is 11.9 Å². The van der Waals surface area contributed by atoms with Crippen LogP contribution in [0.3, 0.4) is 0 Å². The van der Waals surface area contributed by atoms with Gasteiger partial charge in [-0.2, -0.15) is 0 Å². The van der Waals surface area contributed by atoms with Crippen molar-refractivity contribution < 1.29 is 18.7 Å². The van der Waals surface area contributed by atoms with Gasteiger partial charge in [-0.15, -0.1) is 0 Å². The Morgan fingerprint density at radius 1 is 1.07 bits per heavy atom. The summed E-state index contributed by atoms with van der Waals surface area (Å²) in [5, 5.41) is 0. The number of morpholine rings is 1. The molecule has 3 heterocycles. The summed E-state index contributed by atoms with van der Waals surface area (Å²) in [5.41, 5.74) is 7.43. The number of carbonyl (C=O) groups excluding carboxylic acids is 2. The number of ether oxygens (including phenoxy) is 1. The van der Waals surface area contributed by atoms with Crippen LogP contribution in [0.15, 0.2) is 24.3 Å². The first-order valence-corrected chi connectivity index (χ1v) is 11.0. The van der Waals surface area contributed by atoms with Gasteiger partial charge in [0.05, 0.1) is 13.2 Å². The molecule has 0 aromatic heterocycles. The lowest BCUT2D eigenvalue weighted by atomic mass is 9.92. The molecule has 4 rings (SSSR count). The number of aryl methyl sites for hydroxylation is 1. The molecule has 3 fully saturated rings. The number of hydrogen-bond acceptors (Lipinski definition) is 5. The SMILES string of the molecule is O=C(C1CC(C2CCCCN2C(=O)CCc2ccc(F)cc2)NN1)N1CCOCC1. The van der Waals surface area contributed by atoms with Crippen LogP contribution in [-0.2, 0) is 20.7 Å². The van der Waals surface area contributed by atoms with Gasteiger partial charge in [0.15, 0.2) is 0 Å². The largest absolute Gasteiger partial charge is 0.378 e. The quantitative estimate of drug-likeness (QED) is 0.753. The smallest absolute Gasteiger partial charge is 0.241 e. The molecule has 1 aromatic rings. The van der Waals surface area contributed by atoms with Gasteiger partial charge in [-0.3, -0.25) is 15.0 Å². The molecule has 7 nitrogen and oxygen atoms in total. The number of benzene rings is 1. The van der Waals surface area contributed by atoms with Crippen LogP contribution in [0.25, 0.3) is 0 Å². The van der Waals surface area contributed by atoms with E-state index in [-0.39, 0.29) is 35.8 Å². The highest BCUT2D eigenvalue weighted by Gasteiger charge is 2.40. The minimum atomic E-state index is -0.262. The van der Waals surface area contributed by atoms with Crippen molar-refractivity contribution in [3.8, 4) is 0 Å². The first kappa shape index (κ1) is 21.2. The normalized spacial score (nSPS) is 27.3. The molecule has 1 aromatic carbocycles. The van der Waals surface area contributed by atoms with Crippen LogP contribution in [0.1, 0.15) is 37.7 Å². The Kier molecular flexibility index (Phi) is 6.97. The topological polar surface area (TPSA) is 73.9 Å². The molecule has 0 spiro atoms. The van der Waals surface area contributed by atoms with Crippen molar-refractivity contribution in [3.63, 3.8) is 0 Å². The summed E-state index contributed by atoms with van der Waals surface area (Å²) in [6.07, 6.45) is 4.75. The second kappa shape index (κ2) is 9.85. The highest BCUT2D eigenvalue weighted by Crippen LogP contribution is 2.25. The summed E-state index contributed by atoms with van der Waals surface area (Å²) < 4.78 is 18.4. The Labute approximate surface area is 176 Å². The molecule has 3 unspecified atom stereocenters. The van der Waals surface area contributed by atoms with E-state index >= 15 is 0 Å². The van der Waals surface area contributed by atoms with E-state index in [1.807, 2.05) is 9.80 Å². The van der Waals surface area contributed by atoms with E-state index in [1.165, 1.54) is 12.1 Å². The van der Waals surface area contributed by atoms with E-state index in [0.29, 0.717) is 45.6 Å². The van der Waals surface area contributed by atoms with E-state index in [4.69, 9.17) is 4.74 Å². The number of amides is 2. The van der Waals surface area contributed by atoms with Crippen molar-refractivity contribution in [2.75, 3.05) is 32.8 Å². The van der Waals surface area contributed by atoms with Gasteiger partial charge in [-0.05, 0) is 49.8 Å². The van der Waals surface area contributed by atoms with Crippen LogP contribution in [0, 0.1) is 5.82 Å². The van der Waals surface area contributed by atoms with Gasteiger partial charge in [-0.25, -0.2) is 9.82 Å². The second-order valence-electron chi connectivity index (χ2n) is 8.40. The van der Waals surface area contributed by atoms with E-state index in [9.17, 15) is 14.0 Å². The predicted octanol–water partition coefficient (Wildman–Crippen LogP) is 1.23. The van der Waals surface area contributed by atoms with Crippen molar-refractivity contribution in [1.29, 1.82) is 0 Å². The molecule has 3 atom stereocenters. The molecule has 8 heteroatoms. The highest BCUT2D eigenvalue weighted by molar-refractivity contribution is 5.82. The Morgan fingerprint density at radius 2 is 1.83 bits per heavy atom. The van der Waals surface area contributed by atoms with Crippen LogP contribution < -0.4 is 10.9 Å². The molecular formula is C22H31FN4O3. The average molecular weight is 419 g/mol. The van der Waals surface area contributed by atoms with Crippen molar-refractivity contribution in [2.45, 2.75) is 56.7 Å². The molecule has 0 aliphatic carbocycles. The molecule has 164 valence electrons. The Balaban J connectivity index is 1.33. The Morgan fingerprint density at radius 3 is 2.60 bits per heavy atom. The maximum atomic E-state index is 13.1. The number of hydrogen-bond donors (Lipinski definition) is 2. The summed E-state index contributed by atoms with van der Waals surface area (Å²) in [4.78, 5) is 29.6. The van der Waals surface area contributed by atoms with E-state index in [1.54, 1.807) is 12.1 Å². The van der Waals surface area contributed by atoms with Gasteiger partial charge in [0.25, 0.3) is 0 Å². The van der Waals surface area contributed by atoms with Crippen molar-refractivity contribution in [1.82, 2.24) is 20.7 Å². The summed E-state index contributed by atoms with van der Waals surface area (Å²) in [6.45, 7) is 3.22.